The second-order valence-electron chi connectivity index (χ2n) is 5.52. The minimum atomic E-state index is -0.875. The molecular formula is C14H20N2O3. The predicted octanol–water partition coefficient (Wildman–Crippen LogP) is 0.771. The van der Waals surface area contributed by atoms with E-state index in [1.807, 2.05) is 12.1 Å². The van der Waals surface area contributed by atoms with E-state index in [9.17, 15) is 5.11 Å². The minimum absolute atomic E-state index is 0.255. The number of hydrogen-bond acceptors (Lipinski definition) is 5. The quantitative estimate of drug-likeness (QED) is 0.855. The van der Waals surface area contributed by atoms with Gasteiger partial charge in [0.1, 0.15) is 5.60 Å². The second kappa shape index (κ2) is 4.74. The summed E-state index contributed by atoms with van der Waals surface area (Å²) in [5, 5.41) is 11.0. The van der Waals surface area contributed by atoms with Gasteiger partial charge in [-0.05, 0) is 26.0 Å². The van der Waals surface area contributed by atoms with Crippen LogP contribution in [0.25, 0.3) is 0 Å². The van der Waals surface area contributed by atoms with E-state index in [0.717, 1.165) is 0 Å². The van der Waals surface area contributed by atoms with Gasteiger partial charge in [0.05, 0.1) is 26.0 Å². The number of hydrogen-bond donors (Lipinski definition) is 1. The molecule has 2 fully saturated rings. The Kier molecular flexibility index (Phi) is 3.20. The Morgan fingerprint density at radius 3 is 2.68 bits per heavy atom. The molecule has 0 amide bonds. The van der Waals surface area contributed by atoms with Crippen molar-refractivity contribution in [3.63, 3.8) is 0 Å². The third kappa shape index (κ3) is 2.22. The number of morpholine rings is 1. The fourth-order valence-corrected chi connectivity index (χ4v) is 3.14. The number of ether oxygens (including phenoxy) is 2. The molecule has 5 nitrogen and oxygen atoms in total. The van der Waals surface area contributed by atoms with E-state index in [-0.39, 0.29) is 12.1 Å². The molecule has 1 N–H and O–H groups in total. The van der Waals surface area contributed by atoms with E-state index in [0.29, 0.717) is 37.6 Å². The van der Waals surface area contributed by atoms with Crippen LogP contribution in [0, 0.1) is 0 Å². The number of methoxy groups -OCH3 is 1. The van der Waals surface area contributed by atoms with Crippen molar-refractivity contribution >= 4 is 0 Å². The molecule has 19 heavy (non-hydrogen) atoms. The third-order valence-electron chi connectivity index (χ3n) is 4.33. The lowest BCUT2D eigenvalue weighted by Gasteiger charge is -2.49. The monoisotopic (exact) mass is 264 g/mol. The van der Waals surface area contributed by atoms with Crippen molar-refractivity contribution in [3.8, 4) is 5.88 Å². The Morgan fingerprint density at radius 2 is 2.05 bits per heavy atom. The molecule has 2 atom stereocenters. The predicted molar refractivity (Wildman–Crippen MR) is 70.1 cm³/mol. The van der Waals surface area contributed by atoms with E-state index in [4.69, 9.17) is 9.47 Å². The van der Waals surface area contributed by atoms with Crippen LogP contribution in [0.5, 0.6) is 5.88 Å². The number of fused-ring (bicyclic) bond motifs is 2. The van der Waals surface area contributed by atoms with Crippen LogP contribution < -0.4 is 4.74 Å². The summed E-state index contributed by atoms with van der Waals surface area (Å²) in [4.78, 5) is 6.73. The van der Waals surface area contributed by atoms with Crippen molar-refractivity contribution in [2.45, 2.75) is 30.5 Å². The zero-order valence-electron chi connectivity index (χ0n) is 11.4. The van der Waals surface area contributed by atoms with Gasteiger partial charge in [-0.3, -0.25) is 4.90 Å². The summed E-state index contributed by atoms with van der Waals surface area (Å²) >= 11 is 0. The van der Waals surface area contributed by atoms with Crippen LogP contribution in [-0.4, -0.2) is 54.4 Å². The first kappa shape index (κ1) is 12.8. The van der Waals surface area contributed by atoms with Gasteiger partial charge in [0.2, 0.25) is 5.88 Å². The van der Waals surface area contributed by atoms with Gasteiger partial charge in [-0.15, -0.1) is 0 Å². The normalized spacial score (nSPS) is 35.1. The molecule has 3 heterocycles. The summed E-state index contributed by atoms with van der Waals surface area (Å²) < 4.78 is 10.7. The standard InChI is InChI=1S/C14H20N2O3/c1-16-10-6-14(17,7-11(16)9-19-8-10)12-4-3-5-13(15-12)18-2/h3-5,10-11,17H,6-9H2,1-2H3. The Labute approximate surface area is 113 Å². The highest BCUT2D eigenvalue weighted by molar-refractivity contribution is 5.22. The molecule has 2 unspecified atom stereocenters. The smallest absolute Gasteiger partial charge is 0.213 e. The van der Waals surface area contributed by atoms with E-state index < -0.39 is 5.60 Å². The van der Waals surface area contributed by atoms with E-state index in [1.54, 1.807) is 13.2 Å². The Morgan fingerprint density at radius 1 is 1.37 bits per heavy atom. The third-order valence-corrected chi connectivity index (χ3v) is 4.33. The summed E-state index contributed by atoms with van der Waals surface area (Å²) in [6.45, 7) is 1.36. The molecule has 0 aromatic carbocycles. The first-order valence-electron chi connectivity index (χ1n) is 6.66. The Balaban J connectivity index is 1.90. The average molecular weight is 264 g/mol. The number of piperidine rings is 1. The number of pyridine rings is 1. The lowest BCUT2D eigenvalue weighted by molar-refractivity contribution is -0.139. The summed E-state index contributed by atoms with van der Waals surface area (Å²) in [5.41, 5.74) is -0.169. The first-order chi connectivity index (χ1) is 9.12. The van der Waals surface area contributed by atoms with E-state index >= 15 is 0 Å². The highest BCUT2D eigenvalue weighted by atomic mass is 16.5. The maximum absolute atomic E-state index is 11.0. The lowest BCUT2D eigenvalue weighted by Crippen LogP contribution is -2.59. The lowest BCUT2D eigenvalue weighted by atomic mass is 9.79. The number of likely N-dealkylation sites (N-methyl/N-ethyl adjacent to an activating group) is 1. The molecule has 2 aliphatic rings. The van der Waals surface area contributed by atoms with Crippen LogP contribution in [0.4, 0.5) is 0 Å². The molecule has 2 saturated heterocycles. The number of nitrogens with zero attached hydrogens (tertiary/aromatic N) is 2. The van der Waals surface area contributed by atoms with Gasteiger partial charge < -0.3 is 14.6 Å². The molecule has 104 valence electrons. The fraction of sp³-hybridized carbons (Fsp3) is 0.643. The van der Waals surface area contributed by atoms with Crippen molar-refractivity contribution in [2.75, 3.05) is 27.4 Å². The van der Waals surface area contributed by atoms with Crippen molar-refractivity contribution in [1.29, 1.82) is 0 Å². The average Bonchev–Trinajstić information content (AvgIpc) is 2.41. The van der Waals surface area contributed by atoms with Crippen molar-refractivity contribution in [1.82, 2.24) is 9.88 Å². The molecule has 0 aliphatic carbocycles. The molecule has 1 aromatic heterocycles. The molecule has 2 aliphatic heterocycles. The van der Waals surface area contributed by atoms with E-state index in [1.165, 1.54) is 0 Å². The molecule has 0 spiro atoms. The molecule has 0 radical (unpaired) electrons. The molecule has 3 rings (SSSR count). The molecule has 5 heteroatoms. The second-order valence-corrected chi connectivity index (χ2v) is 5.52. The minimum Gasteiger partial charge on any atom is -0.481 e. The Hall–Kier alpha value is -1.17. The van der Waals surface area contributed by atoms with Crippen LogP contribution in [-0.2, 0) is 10.3 Å². The fourth-order valence-electron chi connectivity index (χ4n) is 3.14. The largest absolute Gasteiger partial charge is 0.481 e. The van der Waals surface area contributed by atoms with Gasteiger partial charge in [0.15, 0.2) is 0 Å². The van der Waals surface area contributed by atoms with Gasteiger partial charge in [-0.25, -0.2) is 4.98 Å². The maximum atomic E-state index is 11.0. The summed E-state index contributed by atoms with van der Waals surface area (Å²) in [5.74, 6) is 0.547. The zero-order chi connectivity index (χ0) is 13.5. The zero-order valence-corrected chi connectivity index (χ0v) is 11.4. The van der Waals surface area contributed by atoms with Crippen molar-refractivity contribution in [2.24, 2.45) is 0 Å². The van der Waals surface area contributed by atoms with Crippen LogP contribution in [0.1, 0.15) is 18.5 Å². The van der Waals surface area contributed by atoms with Gasteiger partial charge in [0.25, 0.3) is 0 Å². The maximum Gasteiger partial charge on any atom is 0.213 e. The Bertz CT molecular complexity index is 452. The van der Waals surface area contributed by atoms with Crippen LogP contribution in [0.15, 0.2) is 18.2 Å². The van der Waals surface area contributed by atoms with Crippen LogP contribution in [0.3, 0.4) is 0 Å². The van der Waals surface area contributed by atoms with Crippen LogP contribution >= 0.6 is 0 Å². The number of rotatable bonds is 2. The number of aromatic nitrogens is 1. The topological polar surface area (TPSA) is 54.8 Å². The molecule has 1 aromatic rings. The van der Waals surface area contributed by atoms with Gasteiger partial charge in [-0.1, -0.05) is 6.07 Å². The summed E-state index contributed by atoms with van der Waals surface area (Å²) in [6.07, 6.45) is 1.31. The van der Waals surface area contributed by atoms with Crippen molar-refractivity contribution < 1.29 is 14.6 Å². The molecule has 0 saturated carbocycles. The number of aliphatic hydroxyl groups is 1. The van der Waals surface area contributed by atoms with Gasteiger partial charge >= 0.3 is 0 Å². The summed E-state index contributed by atoms with van der Waals surface area (Å²) in [7, 11) is 3.70. The van der Waals surface area contributed by atoms with Crippen molar-refractivity contribution in [3.05, 3.63) is 23.9 Å². The SMILES string of the molecule is COc1cccc(C2(O)CC3COCC(C2)N3C)n1. The first-order valence-corrected chi connectivity index (χ1v) is 6.66. The van der Waals surface area contributed by atoms with Gasteiger partial charge in [0, 0.05) is 18.2 Å². The molecule has 2 bridgehead atoms. The van der Waals surface area contributed by atoms with Gasteiger partial charge in [-0.2, -0.15) is 0 Å². The highest BCUT2D eigenvalue weighted by Gasteiger charge is 2.46. The van der Waals surface area contributed by atoms with Crippen LogP contribution in [0.2, 0.25) is 0 Å². The van der Waals surface area contributed by atoms with E-state index in [2.05, 4.69) is 16.9 Å². The molecular weight excluding hydrogens is 244 g/mol. The highest BCUT2D eigenvalue weighted by Crippen LogP contribution is 2.39. The summed E-state index contributed by atoms with van der Waals surface area (Å²) in [6, 6.07) is 6.07.